The quantitative estimate of drug-likeness (QED) is 0.718. The van der Waals surface area contributed by atoms with Crippen molar-refractivity contribution in [3.63, 3.8) is 0 Å². The summed E-state index contributed by atoms with van der Waals surface area (Å²) in [5.74, 6) is 0.313. The molecule has 3 atom stereocenters. The zero-order valence-electron chi connectivity index (χ0n) is 11.2. The second-order valence-electron chi connectivity index (χ2n) is 5.28. The fraction of sp³-hybridized carbons (Fsp3) is 0.923. The third-order valence-corrected chi connectivity index (χ3v) is 3.44. The van der Waals surface area contributed by atoms with Crippen LogP contribution in [0.15, 0.2) is 0 Å². The van der Waals surface area contributed by atoms with Gasteiger partial charge in [0.25, 0.3) is 0 Å². The third kappa shape index (κ3) is 4.64. The van der Waals surface area contributed by atoms with Gasteiger partial charge in [-0.2, -0.15) is 0 Å². The summed E-state index contributed by atoms with van der Waals surface area (Å²) in [6, 6.07) is -0.351. The van der Waals surface area contributed by atoms with Crippen molar-refractivity contribution >= 4 is 5.97 Å². The van der Waals surface area contributed by atoms with Gasteiger partial charge in [-0.25, -0.2) is 0 Å². The van der Waals surface area contributed by atoms with Crippen molar-refractivity contribution in [3.8, 4) is 0 Å². The van der Waals surface area contributed by atoms with Crippen LogP contribution in [0.3, 0.4) is 0 Å². The summed E-state index contributed by atoms with van der Waals surface area (Å²) in [6.07, 6.45) is 3.89. The molecule has 17 heavy (non-hydrogen) atoms. The molecule has 0 aromatic carbocycles. The molecule has 0 aliphatic heterocycles. The molecule has 0 spiro atoms. The molecule has 2 N–H and O–H groups in total. The molecule has 100 valence electrons. The molecule has 0 aromatic heterocycles. The maximum atomic E-state index is 11.4. The van der Waals surface area contributed by atoms with Gasteiger partial charge in [-0.05, 0) is 32.6 Å². The average molecular weight is 243 g/mol. The lowest BCUT2D eigenvalue weighted by atomic mass is 9.79. The topological polar surface area (TPSA) is 58.6 Å². The van der Waals surface area contributed by atoms with Gasteiger partial charge in [0.1, 0.15) is 6.04 Å². The first-order valence-electron chi connectivity index (χ1n) is 6.59. The Morgan fingerprint density at radius 1 is 1.65 bits per heavy atom. The monoisotopic (exact) mass is 243 g/mol. The number of rotatable bonds is 5. The van der Waals surface area contributed by atoms with Gasteiger partial charge in [0.15, 0.2) is 0 Å². The zero-order valence-corrected chi connectivity index (χ0v) is 11.2. The Morgan fingerprint density at radius 2 is 2.35 bits per heavy atom. The molecular weight excluding hydrogens is 218 g/mol. The van der Waals surface area contributed by atoms with E-state index in [2.05, 4.69) is 12.2 Å². The molecule has 0 aromatic rings. The number of carbonyl (C=O) groups excluding carboxylic acids is 1. The maximum absolute atomic E-state index is 11.4. The minimum atomic E-state index is -0.654. The van der Waals surface area contributed by atoms with Gasteiger partial charge in [0, 0.05) is 6.54 Å². The lowest BCUT2D eigenvalue weighted by molar-refractivity contribution is -0.145. The molecule has 1 fully saturated rings. The minimum absolute atomic E-state index is 0.250. The largest absolute Gasteiger partial charge is 0.465 e. The van der Waals surface area contributed by atoms with Crippen molar-refractivity contribution < 1.29 is 14.6 Å². The molecule has 1 aliphatic carbocycles. The van der Waals surface area contributed by atoms with Gasteiger partial charge in [0.2, 0.25) is 0 Å². The minimum Gasteiger partial charge on any atom is -0.465 e. The molecule has 4 nitrogen and oxygen atoms in total. The van der Waals surface area contributed by atoms with Crippen LogP contribution in [0.5, 0.6) is 0 Å². The Labute approximate surface area is 104 Å². The number of carbonyl (C=O) groups is 1. The predicted octanol–water partition coefficient (Wildman–Crippen LogP) is 1.47. The number of esters is 1. The van der Waals surface area contributed by atoms with Crippen LogP contribution in [-0.2, 0) is 9.53 Å². The van der Waals surface area contributed by atoms with Crippen molar-refractivity contribution in [3.05, 3.63) is 0 Å². The van der Waals surface area contributed by atoms with Crippen molar-refractivity contribution in [1.82, 2.24) is 5.32 Å². The van der Waals surface area contributed by atoms with Gasteiger partial charge >= 0.3 is 5.97 Å². The first kappa shape index (κ1) is 14.5. The van der Waals surface area contributed by atoms with Gasteiger partial charge in [-0.3, -0.25) is 4.79 Å². The molecule has 1 aliphatic rings. The summed E-state index contributed by atoms with van der Waals surface area (Å²) in [6.45, 7) is 6.59. The average Bonchev–Trinajstić information content (AvgIpc) is 2.26. The van der Waals surface area contributed by atoms with Crippen LogP contribution in [0.4, 0.5) is 0 Å². The number of hydrogen-bond acceptors (Lipinski definition) is 4. The standard InChI is InChI=1S/C13H25NO3/c1-4-17-12(15)11(3)14-9-13(16)7-5-6-10(2)8-13/h10-11,14,16H,4-9H2,1-3H3. The van der Waals surface area contributed by atoms with Crippen LogP contribution in [0.1, 0.15) is 46.5 Å². The highest BCUT2D eigenvalue weighted by atomic mass is 16.5. The highest BCUT2D eigenvalue weighted by Gasteiger charge is 2.33. The molecule has 0 saturated heterocycles. The third-order valence-electron chi connectivity index (χ3n) is 3.44. The molecule has 1 rings (SSSR count). The van der Waals surface area contributed by atoms with E-state index < -0.39 is 5.60 Å². The van der Waals surface area contributed by atoms with Crippen molar-refractivity contribution in [2.45, 2.75) is 58.1 Å². The normalized spacial score (nSPS) is 30.9. The first-order valence-corrected chi connectivity index (χ1v) is 6.59. The van der Waals surface area contributed by atoms with Crippen LogP contribution in [0.25, 0.3) is 0 Å². The fourth-order valence-corrected chi connectivity index (χ4v) is 2.49. The highest BCUT2D eigenvalue weighted by molar-refractivity contribution is 5.75. The maximum Gasteiger partial charge on any atom is 0.322 e. The summed E-state index contributed by atoms with van der Waals surface area (Å²) in [4.78, 5) is 11.4. The Balaban J connectivity index is 2.35. The van der Waals surface area contributed by atoms with Gasteiger partial charge < -0.3 is 15.2 Å². The fourth-order valence-electron chi connectivity index (χ4n) is 2.49. The van der Waals surface area contributed by atoms with E-state index in [0.29, 0.717) is 19.1 Å². The van der Waals surface area contributed by atoms with E-state index in [1.807, 2.05) is 0 Å². The van der Waals surface area contributed by atoms with Crippen molar-refractivity contribution in [1.29, 1.82) is 0 Å². The lowest BCUT2D eigenvalue weighted by Gasteiger charge is -2.36. The van der Waals surface area contributed by atoms with E-state index in [1.165, 1.54) is 6.42 Å². The Kier molecular flexibility index (Phi) is 5.40. The lowest BCUT2D eigenvalue weighted by Crippen LogP contribution is -2.48. The molecule has 4 heteroatoms. The van der Waals surface area contributed by atoms with Crippen molar-refractivity contribution in [2.75, 3.05) is 13.2 Å². The second-order valence-corrected chi connectivity index (χ2v) is 5.28. The molecule has 0 amide bonds. The molecule has 0 bridgehead atoms. The highest BCUT2D eigenvalue weighted by Crippen LogP contribution is 2.31. The molecule has 1 saturated carbocycles. The van der Waals surface area contributed by atoms with Gasteiger partial charge in [-0.15, -0.1) is 0 Å². The summed E-state index contributed by atoms with van der Waals surface area (Å²) in [7, 11) is 0. The van der Waals surface area contributed by atoms with Crippen LogP contribution in [0, 0.1) is 5.92 Å². The van der Waals surface area contributed by atoms with Gasteiger partial charge in [0.05, 0.1) is 12.2 Å². The summed E-state index contributed by atoms with van der Waals surface area (Å²) in [5, 5.41) is 13.5. The number of nitrogens with one attached hydrogen (secondary N) is 1. The number of hydrogen-bond donors (Lipinski definition) is 2. The molecular formula is C13H25NO3. The molecule has 0 heterocycles. The van der Waals surface area contributed by atoms with E-state index in [4.69, 9.17) is 4.74 Å². The van der Waals surface area contributed by atoms with Gasteiger partial charge in [-0.1, -0.05) is 19.8 Å². The molecule has 0 radical (unpaired) electrons. The van der Waals surface area contributed by atoms with E-state index >= 15 is 0 Å². The number of ether oxygens (including phenoxy) is 1. The predicted molar refractivity (Wildman–Crippen MR) is 66.7 cm³/mol. The van der Waals surface area contributed by atoms with Crippen LogP contribution in [0.2, 0.25) is 0 Å². The van der Waals surface area contributed by atoms with Crippen molar-refractivity contribution in [2.24, 2.45) is 5.92 Å². The Morgan fingerprint density at radius 3 is 2.94 bits per heavy atom. The summed E-state index contributed by atoms with van der Waals surface area (Å²) in [5.41, 5.74) is -0.654. The zero-order chi connectivity index (χ0) is 12.9. The summed E-state index contributed by atoms with van der Waals surface area (Å²) < 4.78 is 4.91. The van der Waals surface area contributed by atoms with Crippen LogP contribution < -0.4 is 5.32 Å². The number of aliphatic hydroxyl groups is 1. The second kappa shape index (κ2) is 6.36. The molecule has 3 unspecified atom stereocenters. The van der Waals surface area contributed by atoms with Crippen LogP contribution >= 0.6 is 0 Å². The summed E-state index contributed by atoms with van der Waals surface area (Å²) >= 11 is 0. The smallest absolute Gasteiger partial charge is 0.322 e. The van der Waals surface area contributed by atoms with Crippen LogP contribution in [-0.4, -0.2) is 35.9 Å². The first-order chi connectivity index (χ1) is 7.97. The van der Waals surface area contributed by atoms with E-state index in [0.717, 1.165) is 19.3 Å². The van der Waals surface area contributed by atoms with E-state index in [1.54, 1.807) is 13.8 Å². The SMILES string of the molecule is CCOC(=O)C(C)NCC1(O)CCCC(C)C1. The van der Waals surface area contributed by atoms with E-state index in [9.17, 15) is 9.90 Å². The Bertz CT molecular complexity index is 257. The van der Waals surface area contributed by atoms with E-state index in [-0.39, 0.29) is 12.0 Å². The Hall–Kier alpha value is -0.610.